The van der Waals surface area contributed by atoms with Crippen LogP contribution in [-0.4, -0.2) is 0 Å². The van der Waals surface area contributed by atoms with E-state index in [4.69, 9.17) is 11.6 Å². The van der Waals surface area contributed by atoms with Gasteiger partial charge in [0, 0.05) is 9.50 Å². The Labute approximate surface area is 136 Å². The molecule has 0 aromatic heterocycles. The molecule has 0 saturated carbocycles. The van der Waals surface area contributed by atoms with Crippen molar-refractivity contribution in [2.75, 3.05) is 0 Å². The van der Waals surface area contributed by atoms with Gasteiger partial charge in [0.15, 0.2) is 0 Å². The Hall–Kier alpha value is -0.520. The van der Waals surface area contributed by atoms with Crippen LogP contribution in [0.3, 0.4) is 0 Å². The number of hydrogen-bond acceptors (Lipinski definition) is 0. The fraction of sp³-hybridized carbons (Fsp3) is 0.143. The number of hydrogen-bond donors (Lipinski definition) is 0. The summed E-state index contributed by atoms with van der Waals surface area (Å²) in [4.78, 5) is -0.351. The summed E-state index contributed by atoms with van der Waals surface area (Å²) in [5.74, 6) is 0. The number of halogens is 6. The third-order valence-corrected chi connectivity index (χ3v) is 4.76. The van der Waals surface area contributed by atoms with Crippen LogP contribution in [0.5, 0.6) is 0 Å². The van der Waals surface area contributed by atoms with Gasteiger partial charge in [-0.2, -0.15) is 13.2 Å². The van der Waals surface area contributed by atoms with Gasteiger partial charge >= 0.3 is 6.18 Å². The van der Waals surface area contributed by atoms with E-state index < -0.39 is 11.7 Å². The van der Waals surface area contributed by atoms with Crippen molar-refractivity contribution in [1.29, 1.82) is 0 Å². The molecular weight excluding hydrogens is 420 g/mol. The summed E-state index contributed by atoms with van der Waals surface area (Å²) in [6.45, 7) is 0. The van der Waals surface area contributed by atoms with Crippen molar-refractivity contribution in [2.45, 2.75) is 11.0 Å². The minimum Gasteiger partial charge on any atom is -0.166 e. The largest absolute Gasteiger partial charge is 0.416 e. The summed E-state index contributed by atoms with van der Waals surface area (Å²) in [6, 6.07) is 10.5. The highest BCUT2D eigenvalue weighted by Gasteiger charge is 2.31. The van der Waals surface area contributed by atoms with Crippen molar-refractivity contribution in [3.63, 3.8) is 0 Å². The van der Waals surface area contributed by atoms with Crippen LogP contribution in [0.4, 0.5) is 13.2 Å². The zero-order valence-corrected chi connectivity index (χ0v) is 13.8. The van der Waals surface area contributed by atoms with Crippen LogP contribution in [0.2, 0.25) is 5.02 Å². The lowest BCUT2D eigenvalue weighted by atomic mass is 10.0. The fourth-order valence-corrected chi connectivity index (χ4v) is 3.32. The van der Waals surface area contributed by atoms with Crippen LogP contribution >= 0.6 is 43.5 Å². The molecule has 6 heteroatoms. The van der Waals surface area contributed by atoms with Gasteiger partial charge in [-0.05, 0) is 41.5 Å². The van der Waals surface area contributed by atoms with Gasteiger partial charge in [0.1, 0.15) is 0 Å². The van der Waals surface area contributed by atoms with Crippen LogP contribution in [0.25, 0.3) is 0 Å². The van der Waals surface area contributed by atoms with E-state index in [1.54, 1.807) is 24.3 Å². The number of alkyl halides is 4. The summed E-state index contributed by atoms with van der Waals surface area (Å²) >= 11 is 12.5. The minimum absolute atomic E-state index is 0.351. The third-order valence-electron chi connectivity index (χ3n) is 2.76. The smallest absolute Gasteiger partial charge is 0.166 e. The topological polar surface area (TPSA) is 0 Å². The van der Waals surface area contributed by atoms with Gasteiger partial charge < -0.3 is 0 Å². The quantitative estimate of drug-likeness (QED) is 0.473. The molecule has 0 nitrogen and oxygen atoms in total. The predicted molar refractivity (Wildman–Crippen MR) is 81.4 cm³/mol. The van der Waals surface area contributed by atoms with Crippen molar-refractivity contribution in [3.05, 3.63) is 68.7 Å². The molecule has 0 amide bonds. The summed E-state index contributed by atoms with van der Waals surface area (Å²) in [7, 11) is 0. The SMILES string of the molecule is FC(F)(F)c1ccc(Br)c(C(Br)c2ccc(Cl)cc2)c1. The van der Waals surface area contributed by atoms with E-state index in [1.165, 1.54) is 6.07 Å². The number of rotatable bonds is 2. The van der Waals surface area contributed by atoms with E-state index in [9.17, 15) is 13.2 Å². The highest BCUT2D eigenvalue weighted by molar-refractivity contribution is 9.11. The van der Waals surface area contributed by atoms with E-state index in [0.29, 0.717) is 15.1 Å². The predicted octanol–water partition coefficient (Wildman–Crippen LogP) is 6.61. The molecule has 0 spiro atoms. The summed E-state index contributed by atoms with van der Waals surface area (Å²) in [6.07, 6.45) is -4.36. The molecule has 1 atom stereocenters. The Morgan fingerprint density at radius 2 is 1.60 bits per heavy atom. The van der Waals surface area contributed by atoms with Gasteiger partial charge in [-0.15, -0.1) is 0 Å². The first-order valence-electron chi connectivity index (χ1n) is 5.55. The second-order valence-electron chi connectivity index (χ2n) is 4.15. The second-order valence-corrected chi connectivity index (χ2v) is 6.35. The van der Waals surface area contributed by atoms with Gasteiger partial charge in [-0.3, -0.25) is 0 Å². The molecule has 2 rings (SSSR count). The lowest BCUT2D eigenvalue weighted by Gasteiger charge is -2.15. The van der Waals surface area contributed by atoms with Gasteiger partial charge in [0.25, 0.3) is 0 Å². The lowest BCUT2D eigenvalue weighted by molar-refractivity contribution is -0.137. The highest BCUT2D eigenvalue weighted by Crippen LogP contribution is 2.39. The molecule has 0 aliphatic carbocycles. The number of benzene rings is 2. The first-order valence-corrected chi connectivity index (χ1v) is 7.64. The summed E-state index contributed by atoms with van der Waals surface area (Å²) in [5, 5.41) is 0.580. The van der Waals surface area contributed by atoms with Crippen LogP contribution in [0, 0.1) is 0 Å². The summed E-state index contributed by atoms with van der Waals surface area (Å²) in [5.41, 5.74) is 0.672. The molecular formula is C14H8Br2ClF3. The van der Waals surface area contributed by atoms with Crippen LogP contribution in [-0.2, 0) is 6.18 Å². The summed E-state index contributed by atoms with van der Waals surface area (Å²) < 4.78 is 38.9. The standard InChI is InChI=1S/C14H8Br2ClF3/c15-12-6-3-9(14(18,19)20)7-11(12)13(16)8-1-4-10(17)5-2-8/h1-7,13H. The van der Waals surface area contributed by atoms with Crippen molar-refractivity contribution >= 4 is 43.5 Å². The normalized spacial score (nSPS) is 13.3. The molecule has 2 aromatic carbocycles. The lowest BCUT2D eigenvalue weighted by Crippen LogP contribution is -2.06. The molecule has 0 bridgehead atoms. The zero-order chi connectivity index (χ0) is 14.9. The average molecular weight is 428 g/mol. The van der Waals surface area contributed by atoms with Crippen LogP contribution in [0.1, 0.15) is 21.5 Å². The maximum absolute atomic E-state index is 12.8. The maximum Gasteiger partial charge on any atom is 0.416 e. The van der Waals surface area contributed by atoms with E-state index >= 15 is 0 Å². The molecule has 0 heterocycles. The van der Waals surface area contributed by atoms with Gasteiger partial charge in [-0.25, -0.2) is 0 Å². The maximum atomic E-state index is 12.8. The van der Waals surface area contributed by atoms with Crippen LogP contribution < -0.4 is 0 Å². The monoisotopic (exact) mass is 426 g/mol. The van der Waals surface area contributed by atoms with E-state index in [-0.39, 0.29) is 4.83 Å². The molecule has 106 valence electrons. The van der Waals surface area contributed by atoms with Gasteiger partial charge in [0.2, 0.25) is 0 Å². The van der Waals surface area contributed by atoms with Gasteiger partial charge in [-0.1, -0.05) is 55.6 Å². The Morgan fingerprint density at radius 1 is 1.00 bits per heavy atom. The molecule has 0 N–H and O–H groups in total. The first-order chi connectivity index (χ1) is 9.29. The Morgan fingerprint density at radius 3 is 2.15 bits per heavy atom. The highest BCUT2D eigenvalue weighted by atomic mass is 79.9. The molecule has 0 saturated heterocycles. The Bertz CT molecular complexity index is 609. The van der Waals surface area contributed by atoms with Crippen molar-refractivity contribution in [3.8, 4) is 0 Å². The first kappa shape index (κ1) is 15.9. The molecule has 2 aromatic rings. The minimum atomic E-state index is -4.36. The van der Waals surface area contributed by atoms with E-state index in [2.05, 4.69) is 31.9 Å². The third kappa shape index (κ3) is 3.57. The average Bonchev–Trinajstić information content (AvgIpc) is 2.38. The Balaban J connectivity index is 2.43. The molecule has 0 aliphatic rings. The molecule has 0 aliphatic heterocycles. The van der Waals surface area contributed by atoms with Crippen molar-refractivity contribution < 1.29 is 13.2 Å². The Kier molecular flexibility index (Phi) is 4.82. The fourth-order valence-electron chi connectivity index (χ4n) is 1.73. The molecule has 1 unspecified atom stereocenters. The van der Waals surface area contributed by atoms with Crippen LogP contribution in [0.15, 0.2) is 46.9 Å². The molecule has 0 radical (unpaired) electrons. The molecule has 20 heavy (non-hydrogen) atoms. The second kappa shape index (κ2) is 6.08. The van der Waals surface area contributed by atoms with Gasteiger partial charge in [0.05, 0.1) is 10.4 Å². The zero-order valence-electron chi connectivity index (χ0n) is 9.89. The molecule has 0 fully saturated rings. The van der Waals surface area contributed by atoms with E-state index in [0.717, 1.165) is 17.7 Å². The van der Waals surface area contributed by atoms with Crippen molar-refractivity contribution in [1.82, 2.24) is 0 Å². The van der Waals surface area contributed by atoms with Crippen molar-refractivity contribution in [2.24, 2.45) is 0 Å². The van der Waals surface area contributed by atoms with E-state index in [1.807, 2.05) is 0 Å².